The predicted molar refractivity (Wildman–Crippen MR) is 70.5 cm³/mol. The number of ether oxygens (including phenoxy) is 2. The number of anilines is 1. The van der Waals surface area contributed by atoms with Crippen molar-refractivity contribution in [1.82, 2.24) is 5.32 Å². The van der Waals surface area contributed by atoms with Crippen LogP contribution in [0.1, 0.15) is 13.3 Å². The van der Waals surface area contributed by atoms with Gasteiger partial charge >= 0.3 is 11.8 Å². The van der Waals surface area contributed by atoms with Gasteiger partial charge in [0.1, 0.15) is 0 Å². The van der Waals surface area contributed by atoms with E-state index in [0.29, 0.717) is 23.6 Å². The van der Waals surface area contributed by atoms with Gasteiger partial charge in [-0.25, -0.2) is 0 Å². The molecule has 0 saturated carbocycles. The molecule has 0 unspecified atom stereocenters. The minimum Gasteiger partial charge on any atom is -0.454 e. The number of carbonyl (C=O) groups excluding carboxylic acids is 2. The zero-order valence-electron chi connectivity index (χ0n) is 11.0. The zero-order valence-corrected chi connectivity index (χ0v) is 11.0. The summed E-state index contributed by atoms with van der Waals surface area (Å²) in [6.45, 7) is 1.73. The molecular weight excluding hydrogens is 264 g/mol. The Morgan fingerprint density at radius 3 is 2.75 bits per heavy atom. The van der Waals surface area contributed by atoms with Gasteiger partial charge in [0.05, 0.1) is 12.6 Å². The van der Waals surface area contributed by atoms with Crippen molar-refractivity contribution in [3.63, 3.8) is 0 Å². The fraction of sp³-hybridized carbons (Fsp3) is 0.385. The van der Waals surface area contributed by atoms with Crippen LogP contribution in [-0.4, -0.2) is 36.4 Å². The fourth-order valence-corrected chi connectivity index (χ4v) is 1.69. The second kappa shape index (κ2) is 6.25. The van der Waals surface area contributed by atoms with Gasteiger partial charge < -0.3 is 25.2 Å². The summed E-state index contributed by atoms with van der Waals surface area (Å²) in [5.41, 5.74) is 0.437. The van der Waals surface area contributed by atoms with Crippen molar-refractivity contribution in [2.24, 2.45) is 0 Å². The van der Waals surface area contributed by atoms with Crippen LogP contribution in [0.2, 0.25) is 0 Å². The number of carbonyl (C=O) groups is 2. The molecule has 1 aromatic carbocycles. The molecule has 0 radical (unpaired) electrons. The quantitative estimate of drug-likeness (QED) is 0.686. The number of aliphatic hydroxyl groups is 1. The maximum Gasteiger partial charge on any atom is 0.313 e. The van der Waals surface area contributed by atoms with Gasteiger partial charge in [0.25, 0.3) is 0 Å². The lowest BCUT2D eigenvalue weighted by Crippen LogP contribution is -2.43. The second-order valence-electron chi connectivity index (χ2n) is 4.28. The number of amides is 2. The van der Waals surface area contributed by atoms with Gasteiger partial charge in [-0.05, 0) is 18.6 Å². The van der Waals surface area contributed by atoms with E-state index in [1.165, 1.54) is 0 Å². The molecule has 20 heavy (non-hydrogen) atoms. The fourth-order valence-electron chi connectivity index (χ4n) is 1.69. The molecule has 1 aliphatic rings. The Labute approximate surface area is 115 Å². The third-order valence-corrected chi connectivity index (χ3v) is 2.89. The average molecular weight is 280 g/mol. The maximum atomic E-state index is 11.7. The molecule has 7 heteroatoms. The van der Waals surface area contributed by atoms with Gasteiger partial charge in [0, 0.05) is 11.8 Å². The highest BCUT2D eigenvalue weighted by Crippen LogP contribution is 2.34. The summed E-state index contributed by atoms with van der Waals surface area (Å²) in [7, 11) is 0. The lowest BCUT2D eigenvalue weighted by molar-refractivity contribution is -0.136. The van der Waals surface area contributed by atoms with Crippen LogP contribution < -0.4 is 20.1 Å². The van der Waals surface area contributed by atoms with Crippen LogP contribution in [-0.2, 0) is 9.59 Å². The van der Waals surface area contributed by atoms with Crippen molar-refractivity contribution in [2.45, 2.75) is 19.4 Å². The first-order valence-electron chi connectivity index (χ1n) is 6.26. The van der Waals surface area contributed by atoms with Gasteiger partial charge in [0.15, 0.2) is 11.5 Å². The maximum absolute atomic E-state index is 11.7. The Morgan fingerprint density at radius 2 is 2.05 bits per heavy atom. The van der Waals surface area contributed by atoms with Crippen LogP contribution in [0, 0.1) is 0 Å². The lowest BCUT2D eigenvalue weighted by Gasteiger charge is -2.13. The van der Waals surface area contributed by atoms with Crippen LogP contribution in [0.15, 0.2) is 18.2 Å². The minimum atomic E-state index is -0.796. The van der Waals surface area contributed by atoms with E-state index in [-0.39, 0.29) is 13.4 Å². The molecule has 7 nitrogen and oxygen atoms in total. The number of benzene rings is 1. The van der Waals surface area contributed by atoms with Crippen LogP contribution in [0.5, 0.6) is 11.5 Å². The molecule has 2 amide bonds. The van der Waals surface area contributed by atoms with E-state index in [1.807, 2.05) is 0 Å². The Hall–Kier alpha value is -2.28. The summed E-state index contributed by atoms with van der Waals surface area (Å²) in [5.74, 6) is -0.469. The zero-order chi connectivity index (χ0) is 14.5. The SMILES string of the molecule is CC[C@H](CO)NC(=O)C(=O)Nc1ccc2c(c1)OCO2. The van der Waals surface area contributed by atoms with Crippen LogP contribution in [0.4, 0.5) is 5.69 Å². The Kier molecular flexibility index (Phi) is 4.41. The molecule has 3 N–H and O–H groups in total. The normalized spacial score (nSPS) is 13.7. The summed E-state index contributed by atoms with van der Waals surface area (Å²) in [5, 5.41) is 13.9. The van der Waals surface area contributed by atoms with Crippen LogP contribution in [0.25, 0.3) is 0 Å². The lowest BCUT2D eigenvalue weighted by atomic mass is 10.2. The van der Waals surface area contributed by atoms with Gasteiger partial charge in [-0.15, -0.1) is 0 Å². The summed E-state index contributed by atoms with van der Waals surface area (Å²) in [6.07, 6.45) is 0.541. The first kappa shape index (κ1) is 14.1. The molecule has 1 aromatic rings. The summed E-state index contributed by atoms with van der Waals surface area (Å²) in [6, 6.07) is 4.42. The van der Waals surface area contributed by atoms with Crippen molar-refractivity contribution < 1.29 is 24.2 Å². The molecular formula is C13H16N2O5. The van der Waals surface area contributed by atoms with E-state index in [0.717, 1.165) is 0 Å². The first-order chi connectivity index (χ1) is 9.63. The predicted octanol–water partition coefficient (Wildman–Crippen LogP) is 0.241. The highest BCUT2D eigenvalue weighted by atomic mass is 16.7. The number of hydrogen-bond donors (Lipinski definition) is 3. The minimum absolute atomic E-state index is 0.141. The van der Waals surface area contributed by atoms with E-state index in [2.05, 4.69) is 10.6 Å². The van der Waals surface area contributed by atoms with Gasteiger partial charge in [0.2, 0.25) is 6.79 Å². The van der Waals surface area contributed by atoms with E-state index in [1.54, 1.807) is 25.1 Å². The third kappa shape index (κ3) is 3.18. The van der Waals surface area contributed by atoms with E-state index < -0.39 is 17.9 Å². The van der Waals surface area contributed by atoms with Crippen molar-refractivity contribution >= 4 is 17.5 Å². The molecule has 0 aliphatic carbocycles. The highest BCUT2D eigenvalue weighted by Gasteiger charge is 2.19. The third-order valence-electron chi connectivity index (χ3n) is 2.89. The van der Waals surface area contributed by atoms with Gasteiger partial charge in [-0.1, -0.05) is 6.92 Å². The summed E-state index contributed by atoms with van der Waals surface area (Å²) in [4.78, 5) is 23.3. The monoisotopic (exact) mass is 280 g/mol. The molecule has 2 rings (SSSR count). The van der Waals surface area contributed by atoms with Crippen molar-refractivity contribution in [3.05, 3.63) is 18.2 Å². The average Bonchev–Trinajstić information content (AvgIpc) is 2.91. The molecule has 0 aromatic heterocycles. The Balaban J connectivity index is 1.95. The Morgan fingerprint density at radius 1 is 1.30 bits per heavy atom. The summed E-state index contributed by atoms with van der Waals surface area (Å²) >= 11 is 0. The number of hydrogen-bond acceptors (Lipinski definition) is 5. The molecule has 1 heterocycles. The van der Waals surface area contributed by atoms with Crippen molar-refractivity contribution in [3.8, 4) is 11.5 Å². The molecule has 108 valence electrons. The number of nitrogens with one attached hydrogen (secondary N) is 2. The van der Waals surface area contributed by atoms with E-state index in [9.17, 15) is 9.59 Å². The molecule has 0 fully saturated rings. The van der Waals surface area contributed by atoms with Crippen LogP contribution in [0.3, 0.4) is 0 Å². The molecule has 1 aliphatic heterocycles. The van der Waals surface area contributed by atoms with Gasteiger partial charge in [-0.2, -0.15) is 0 Å². The number of rotatable bonds is 4. The Bertz CT molecular complexity index is 513. The molecule has 0 bridgehead atoms. The van der Waals surface area contributed by atoms with Gasteiger partial charge in [-0.3, -0.25) is 9.59 Å². The van der Waals surface area contributed by atoms with Crippen LogP contribution >= 0.6 is 0 Å². The standard InChI is InChI=1S/C13H16N2O5/c1-2-8(6-16)14-12(17)13(18)15-9-3-4-10-11(5-9)20-7-19-10/h3-5,8,16H,2,6-7H2,1H3,(H,14,17)(H,15,18)/t8-/m1/s1. The topological polar surface area (TPSA) is 96.9 Å². The number of aliphatic hydroxyl groups excluding tert-OH is 1. The van der Waals surface area contributed by atoms with E-state index >= 15 is 0 Å². The molecule has 0 spiro atoms. The highest BCUT2D eigenvalue weighted by molar-refractivity contribution is 6.39. The smallest absolute Gasteiger partial charge is 0.313 e. The molecule has 0 saturated heterocycles. The second-order valence-corrected chi connectivity index (χ2v) is 4.28. The largest absolute Gasteiger partial charge is 0.454 e. The van der Waals surface area contributed by atoms with E-state index in [4.69, 9.17) is 14.6 Å². The van der Waals surface area contributed by atoms with Crippen molar-refractivity contribution in [1.29, 1.82) is 0 Å². The number of fused-ring (bicyclic) bond motifs is 1. The summed E-state index contributed by atoms with van der Waals surface area (Å²) < 4.78 is 10.3. The first-order valence-corrected chi connectivity index (χ1v) is 6.26. The van der Waals surface area contributed by atoms with Crippen molar-refractivity contribution in [2.75, 3.05) is 18.7 Å². The molecule has 1 atom stereocenters.